The van der Waals surface area contributed by atoms with Crippen LogP contribution in [0.1, 0.15) is 88.5 Å². The van der Waals surface area contributed by atoms with E-state index in [0.29, 0.717) is 51.0 Å². The molecular weight excluding hydrogens is 553 g/mol. The molecule has 2 aliphatic heterocycles. The number of nitrogens with one attached hydrogen (secondary N) is 2. The summed E-state index contributed by atoms with van der Waals surface area (Å²) in [6.45, 7) is 13.9. The number of aryl methyl sites for hydroxylation is 2. The number of rotatable bonds is 5. The zero-order valence-electron chi connectivity index (χ0n) is 24.8. The molecule has 3 aromatic rings. The van der Waals surface area contributed by atoms with Gasteiger partial charge in [-0.3, -0.25) is 4.79 Å². The fourth-order valence-electron chi connectivity index (χ4n) is 6.31. The first-order valence-corrected chi connectivity index (χ1v) is 13.8. The van der Waals surface area contributed by atoms with E-state index < -0.39 is 11.9 Å². The van der Waals surface area contributed by atoms with Gasteiger partial charge in [-0.1, -0.05) is 30.7 Å². The number of carbonyl (C=O) groups excluding carboxylic acids is 2. The second-order valence-electron chi connectivity index (χ2n) is 10.8. The van der Waals surface area contributed by atoms with Crippen LogP contribution in [0.15, 0.2) is 36.9 Å². The van der Waals surface area contributed by atoms with E-state index in [1.165, 1.54) is 6.08 Å². The number of Topliss-reactive ketones (excluding diaryl/α,β-unsaturated/α-hetero) is 1. The molecule has 1 atom stereocenters. The van der Waals surface area contributed by atoms with E-state index in [-0.39, 0.29) is 28.8 Å². The number of H-pyrrole nitrogens is 2. The average Bonchev–Trinajstić information content (AvgIpc) is 3.68. The number of hydrogen-bond donors (Lipinski definition) is 1. The molecule has 0 saturated carbocycles. The third-order valence-electron chi connectivity index (χ3n) is 8.62. The maximum Gasteiger partial charge on any atom is 2.00 e. The monoisotopic (exact) mass is 582 g/mol. The van der Waals surface area contributed by atoms with Crippen LogP contribution in [0.3, 0.4) is 0 Å². The maximum atomic E-state index is 13.7. The van der Waals surface area contributed by atoms with Gasteiger partial charge in [0.1, 0.15) is 12.2 Å². The number of carboxylic acids is 1. The van der Waals surface area contributed by atoms with E-state index in [1.54, 1.807) is 6.08 Å². The van der Waals surface area contributed by atoms with Crippen molar-refractivity contribution in [1.82, 2.24) is 9.97 Å². The van der Waals surface area contributed by atoms with Crippen molar-refractivity contribution < 1.29 is 29.5 Å². The summed E-state index contributed by atoms with van der Waals surface area (Å²) >= 11 is 0. The Labute approximate surface area is 264 Å². The van der Waals surface area contributed by atoms with Crippen LogP contribution in [0.2, 0.25) is 0 Å². The molecule has 8 bridgehead atoms. The maximum absolute atomic E-state index is 13.7. The van der Waals surface area contributed by atoms with E-state index >= 15 is 0 Å². The zero-order valence-corrected chi connectivity index (χ0v) is 26.2. The van der Waals surface area contributed by atoms with Crippen molar-refractivity contribution in [3.63, 3.8) is 0 Å². The minimum atomic E-state index is -1.11. The van der Waals surface area contributed by atoms with Crippen molar-refractivity contribution in [2.75, 3.05) is 0 Å². The number of aromatic nitrogens is 4. The minimum absolute atomic E-state index is 0. The number of ketones is 1. The predicted molar refractivity (Wildman–Crippen MR) is 167 cm³/mol. The predicted octanol–water partition coefficient (Wildman–Crippen LogP) is 4.68. The van der Waals surface area contributed by atoms with Gasteiger partial charge in [-0.15, -0.1) is 22.1 Å². The van der Waals surface area contributed by atoms with Crippen molar-refractivity contribution in [3.8, 4) is 0 Å². The molecule has 3 N–H and O–H groups in total. The van der Waals surface area contributed by atoms with Crippen LogP contribution in [-0.2, 0) is 9.59 Å². The topological polar surface area (TPSA) is 128 Å². The second-order valence-corrected chi connectivity index (χ2v) is 10.8. The summed E-state index contributed by atoms with van der Waals surface area (Å²) in [5.74, 6) is -2.48. The summed E-state index contributed by atoms with van der Waals surface area (Å²) in [6, 6.07) is 5.89. The first kappa shape index (κ1) is 30.1. The van der Waals surface area contributed by atoms with Crippen molar-refractivity contribution in [2.45, 2.75) is 47.0 Å². The summed E-state index contributed by atoms with van der Waals surface area (Å²) in [5.41, 5.74) is 12.6. The number of carboxylic acid groups (broad SMARTS) is 1. The van der Waals surface area contributed by atoms with Crippen LogP contribution in [0.25, 0.3) is 50.4 Å². The molecule has 0 aromatic carbocycles. The van der Waals surface area contributed by atoms with Gasteiger partial charge in [-0.05, 0) is 64.0 Å². The molecule has 9 heteroatoms. The number of carbonyl (C=O) groups is 3. The molecule has 3 aliphatic rings. The molecule has 5 heterocycles. The van der Waals surface area contributed by atoms with Gasteiger partial charge >= 0.3 is 29.0 Å². The van der Waals surface area contributed by atoms with Gasteiger partial charge in [-0.2, -0.15) is 0 Å². The molecule has 0 unspecified atom stereocenters. The van der Waals surface area contributed by atoms with Gasteiger partial charge in [0.05, 0.1) is 5.57 Å². The molecule has 0 amide bonds. The summed E-state index contributed by atoms with van der Waals surface area (Å²) in [4.78, 5) is 54.4. The number of aldehydes is 1. The number of fused-ring (bicyclic) bond motifs is 8. The molecule has 8 nitrogen and oxygen atoms in total. The second kappa shape index (κ2) is 11.1. The Hall–Kier alpha value is -4.34. The summed E-state index contributed by atoms with van der Waals surface area (Å²) in [6.07, 6.45) is 5.77. The van der Waals surface area contributed by atoms with E-state index in [9.17, 15) is 19.5 Å². The fraction of sp³-hybridized carbons (Fsp3) is 0.206. The molecule has 0 fully saturated rings. The molecule has 210 valence electrons. The molecule has 3 aromatic heterocycles. The van der Waals surface area contributed by atoms with Gasteiger partial charge in [-0.25, -0.2) is 14.8 Å². The Balaban J connectivity index is 0.00000368. The van der Waals surface area contributed by atoms with Gasteiger partial charge in [0.15, 0.2) is 5.78 Å². The number of aliphatic carboxylic acids is 1. The Morgan fingerprint density at radius 1 is 0.977 bits per heavy atom. The minimum Gasteiger partial charge on any atom is -0.657 e. The first-order valence-electron chi connectivity index (χ1n) is 13.8. The largest absolute Gasteiger partial charge is 2.00 e. The average molecular weight is 583 g/mol. The van der Waals surface area contributed by atoms with E-state index in [2.05, 4.69) is 30.4 Å². The van der Waals surface area contributed by atoms with Crippen molar-refractivity contribution in [3.05, 3.63) is 87.5 Å². The van der Waals surface area contributed by atoms with Crippen molar-refractivity contribution >= 4 is 91.5 Å². The van der Waals surface area contributed by atoms with Crippen molar-refractivity contribution in [2.24, 2.45) is 0 Å². The van der Waals surface area contributed by atoms with Crippen LogP contribution in [0.4, 0.5) is 0 Å². The quantitative estimate of drug-likeness (QED) is 0.201. The molecular formula is C34H30MgN4O4+2. The Morgan fingerprint density at radius 3 is 2.28 bits per heavy atom. The Kier molecular flexibility index (Phi) is 7.74. The zero-order chi connectivity index (χ0) is 30.0. The van der Waals surface area contributed by atoms with E-state index in [0.717, 1.165) is 62.8 Å². The molecule has 0 radical (unpaired) electrons. The number of allylic oxidation sites excluding steroid dienone is 5. The number of nitrogens with zero attached hydrogens (tertiary/aromatic N) is 2. The number of aromatic amines is 2. The smallest absolute Gasteiger partial charge is 0.657 e. The molecule has 0 saturated heterocycles. The molecule has 6 rings (SSSR count). The summed E-state index contributed by atoms with van der Waals surface area (Å²) in [5, 5.41) is 9.43. The standard InChI is InChI=1S/C34H30N4O4.Mg/c1-7-19-15(3)23-11-25-17(5)21(9-10-29(40)41)32(37-25)31-22(14-39)34(42)30-18(6)26(38-33(30)31)13-28-20(8-2)16(4)24(36-28)12-27(19)35-23;/h7,9-14,22H,1,8H2,2-6H3,(H3,35,36,37,38,40,41,42);/q;+2/b10-9+,23-11?,24-12?,25-11?,26-13?,27-12?,28-13?,32-31?;/t22-;/m1./s1. The summed E-state index contributed by atoms with van der Waals surface area (Å²) < 4.78 is 0. The van der Waals surface area contributed by atoms with E-state index in [1.807, 2.05) is 39.0 Å². The van der Waals surface area contributed by atoms with Gasteiger partial charge in [0.2, 0.25) is 22.8 Å². The van der Waals surface area contributed by atoms with E-state index in [4.69, 9.17) is 9.97 Å². The SMILES string of the molecule is C=Cc1c(C)c2cc3[nH+]c(c4c5[n-]c(cc6[nH+]c(cc1[n-]2)C(C)=C6CC)c(C)c5C(=O)[C@@H]4C=O)C(/C=C/C(=O)O)=C3C.[Mg+2]. The molecule has 1 aliphatic carbocycles. The Bertz CT molecular complexity index is 2060. The summed E-state index contributed by atoms with van der Waals surface area (Å²) in [7, 11) is 0. The fourth-order valence-corrected chi connectivity index (χ4v) is 6.31. The van der Waals surface area contributed by atoms with Crippen LogP contribution in [-0.4, -0.2) is 46.2 Å². The molecule has 0 spiro atoms. The van der Waals surface area contributed by atoms with Crippen molar-refractivity contribution in [1.29, 1.82) is 0 Å². The van der Waals surface area contributed by atoms with Crippen LogP contribution in [0.5, 0.6) is 0 Å². The van der Waals surface area contributed by atoms with Gasteiger partial charge < -0.3 is 19.9 Å². The normalized spacial score (nSPS) is 15.8. The first-order chi connectivity index (χ1) is 20.1. The van der Waals surface area contributed by atoms with Crippen LogP contribution >= 0.6 is 0 Å². The van der Waals surface area contributed by atoms with Gasteiger partial charge in [0, 0.05) is 33.9 Å². The van der Waals surface area contributed by atoms with Crippen LogP contribution < -0.4 is 19.9 Å². The van der Waals surface area contributed by atoms with Gasteiger partial charge in [0.25, 0.3) is 0 Å². The Morgan fingerprint density at radius 2 is 1.63 bits per heavy atom. The van der Waals surface area contributed by atoms with Crippen LogP contribution in [0, 0.1) is 13.8 Å². The number of hydrogen-bond acceptors (Lipinski definition) is 3. The third kappa shape index (κ3) is 4.54. The molecule has 43 heavy (non-hydrogen) atoms. The third-order valence-corrected chi connectivity index (χ3v) is 8.62.